The summed E-state index contributed by atoms with van der Waals surface area (Å²) in [5, 5.41) is 8.23. The molecule has 0 aliphatic rings. The summed E-state index contributed by atoms with van der Waals surface area (Å²) >= 11 is 0. The van der Waals surface area contributed by atoms with Crippen LogP contribution in [0.5, 0.6) is 0 Å². The second-order valence-corrected chi connectivity index (χ2v) is 3.94. The lowest BCUT2D eigenvalue weighted by molar-refractivity contribution is -0.154. The Morgan fingerprint density at radius 3 is 2.64 bits per heavy atom. The molecule has 14 heavy (non-hydrogen) atoms. The van der Waals surface area contributed by atoms with Gasteiger partial charge in [-0.25, -0.2) is 0 Å². The van der Waals surface area contributed by atoms with Crippen molar-refractivity contribution in [2.24, 2.45) is 5.73 Å². The summed E-state index contributed by atoms with van der Waals surface area (Å²) in [5.74, 6) is -0.354. The average Bonchev–Trinajstić information content (AvgIpc) is 1.96. The fourth-order valence-electron chi connectivity index (χ4n) is 0.810. The van der Waals surface area contributed by atoms with Crippen LogP contribution in [0.1, 0.15) is 27.2 Å². The van der Waals surface area contributed by atoms with Crippen LogP contribution in [0.15, 0.2) is 12.2 Å². The zero-order chi connectivity index (χ0) is 11.2. The lowest BCUT2D eigenvalue weighted by atomic mass is 10.1. The topological polar surface area (TPSA) is 76.1 Å². The number of carbonyl (C=O) groups is 1. The highest BCUT2D eigenvalue weighted by atomic mass is 16.6. The van der Waals surface area contributed by atoms with E-state index < -0.39 is 11.6 Å². The van der Waals surface area contributed by atoms with Gasteiger partial charge >= 0.3 is 5.97 Å². The summed E-state index contributed by atoms with van der Waals surface area (Å²) in [4.78, 5) is 11.2. The second-order valence-electron chi connectivity index (χ2n) is 3.94. The van der Waals surface area contributed by atoms with Gasteiger partial charge in [0.15, 0.2) is 0 Å². The number of nitriles is 1. The molecule has 0 bridgehead atoms. The average molecular weight is 196 g/mol. The Labute approximate surface area is 84.3 Å². The standard InChI is InChI=1S/C10H16N2O2/c1-10(2,3)14-9(13)7-8(12)5-4-6-11/h4-5,8H,7,12H2,1-3H3/b5-4+. The number of esters is 1. The van der Waals surface area contributed by atoms with Crippen LogP contribution in [0.3, 0.4) is 0 Å². The maximum absolute atomic E-state index is 11.2. The van der Waals surface area contributed by atoms with Crippen molar-refractivity contribution in [3.05, 3.63) is 12.2 Å². The van der Waals surface area contributed by atoms with Crippen molar-refractivity contribution in [2.45, 2.75) is 38.8 Å². The molecule has 2 N–H and O–H groups in total. The fourth-order valence-corrected chi connectivity index (χ4v) is 0.810. The van der Waals surface area contributed by atoms with Crippen molar-refractivity contribution in [3.63, 3.8) is 0 Å². The van der Waals surface area contributed by atoms with Crippen molar-refractivity contribution >= 4 is 5.97 Å². The molecule has 0 aliphatic carbocycles. The Morgan fingerprint density at radius 2 is 2.21 bits per heavy atom. The zero-order valence-electron chi connectivity index (χ0n) is 8.78. The molecule has 0 rings (SSSR count). The van der Waals surface area contributed by atoms with Crippen molar-refractivity contribution in [3.8, 4) is 6.07 Å². The van der Waals surface area contributed by atoms with E-state index in [2.05, 4.69) is 0 Å². The SMILES string of the molecule is CC(C)(C)OC(=O)CC(N)/C=C/C#N. The molecule has 0 aromatic heterocycles. The molecule has 4 nitrogen and oxygen atoms in total. The molecular formula is C10H16N2O2. The third-order valence-corrected chi connectivity index (χ3v) is 1.24. The third kappa shape index (κ3) is 7.32. The molecule has 1 unspecified atom stereocenters. The predicted octanol–water partition coefficient (Wildman–Crippen LogP) is 1.13. The molecule has 4 heteroatoms. The Kier molecular flexibility index (Phi) is 4.89. The maximum Gasteiger partial charge on any atom is 0.308 e. The molecule has 78 valence electrons. The van der Waals surface area contributed by atoms with Gasteiger partial charge in [0.1, 0.15) is 5.60 Å². The minimum atomic E-state index is -0.490. The van der Waals surface area contributed by atoms with Gasteiger partial charge in [-0.05, 0) is 20.8 Å². The summed E-state index contributed by atoms with van der Waals surface area (Å²) in [6.07, 6.45) is 2.83. The number of hydrogen-bond acceptors (Lipinski definition) is 4. The fraction of sp³-hybridized carbons (Fsp3) is 0.600. The minimum absolute atomic E-state index is 0.0927. The molecule has 0 aliphatic heterocycles. The van der Waals surface area contributed by atoms with Crippen molar-refractivity contribution in [1.29, 1.82) is 5.26 Å². The molecule has 0 spiro atoms. The van der Waals surface area contributed by atoms with Crippen LogP contribution < -0.4 is 5.73 Å². The van der Waals surface area contributed by atoms with Gasteiger partial charge in [0.25, 0.3) is 0 Å². The van der Waals surface area contributed by atoms with Gasteiger partial charge in [-0.3, -0.25) is 4.79 Å². The first kappa shape index (κ1) is 12.7. The van der Waals surface area contributed by atoms with Gasteiger partial charge in [0.2, 0.25) is 0 Å². The molecule has 0 radical (unpaired) electrons. The van der Waals surface area contributed by atoms with E-state index in [0.717, 1.165) is 0 Å². The quantitative estimate of drug-likeness (QED) is 0.542. The Morgan fingerprint density at radius 1 is 1.64 bits per heavy atom. The molecule has 0 heterocycles. The highest BCUT2D eigenvalue weighted by Gasteiger charge is 2.17. The number of allylic oxidation sites excluding steroid dienone is 1. The van der Waals surface area contributed by atoms with Gasteiger partial charge in [-0.2, -0.15) is 5.26 Å². The molecule has 1 atom stereocenters. The van der Waals surface area contributed by atoms with E-state index in [1.165, 1.54) is 12.2 Å². The number of rotatable bonds is 3. The van der Waals surface area contributed by atoms with E-state index in [-0.39, 0.29) is 12.4 Å². The van der Waals surface area contributed by atoms with Crippen LogP contribution in [-0.4, -0.2) is 17.6 Å². The molecule has 0 aromatic rings. The van der Waals surface area contributed by atoms with E-state index >= 15 is 0 Å². The molecule has 0 amide bonds. The summed E-state index contributed by atoms with van der Waals surface area (Å²) in [6, 6.07) is 1.35. The first-order valence-electron chi connectivity index (χ1n) is 4.39. The summed E-state index contributed by atoms with van der Waals surface area (Å²) in [7, 11) is 0. The highest BCUT2D eigenvalue weighted by Crippen LogP contribution is 2.08. The van der Waals surface area contributed by atoms with Crippen LogP contribution in [0.2, 0.25) is 0 Å². The Balaban J connectivity index is 3.96. The minimum Gasteiger partial charge on any atom is -0.460 e. The van der Waals surface area contributed by atoms with E-state index in [1.807, 2.05) is 6.07 Å². The summed E-state index contributed by atoms with van der Waals surface area (Å²) in [6.45, 7) is 5.38. The number of hydrogen-bond donors (Lipinski definition) is 1. The molecule has 0 fully saturated rings. The van der Waals surface area contributed by atoms with Gasteiger partial charge < -0.3 is 10.5 Å². The largest absolute Gasteiger partial charge is 0.460 e. The van der Waals surface area contributed by atoms with E-state index in [9.17, 15) is 4.79 Å². The lowest BCUT2D eigenvalue weighted by Gasteiger charge is -2.20. The van der Waals surface area contributed by atoms with Gasteiger partial charge in [-0.1, -0.05) is 6.08 Å². The molecule has 0 saturated carbocycles. The highest BCUT2D eigenvalue weighted by molar-refractivity contribution is 5.70. The van der Waals surface area contributed by atoms with E-state index in [0.29, 0.717) is 0 Å². The second kappa shape index (κ2) is 5.40. The third-order valence-electron chi connectivity index (χ3n) is 1.24. The number of ether oxygens (including phenoxy) is 1. The summed E-state index contributed by atoms with van der Waals surface area (Å²) < 4.78 is 5.05. The smallest absolute Gasteiger partial charge is 0.308 e. The molecular weight excluding hydrogens is 180 g/mol. The molecule has 0 aromatic carbocycles. The van der Waals surface area contributed by atoms with Gasteiger partial charge in [0.05, 0.1) is 12.5 Å². The molecule has 0 saturated heterocycles. The van der Waals surface area contributed by atoms with Crippen LogP contribution >= 0.6 is 0 Å². The maximum atomic E-state index is 11.2. The van der Waals surface area contributed by atoms with Crippen LogP contribution in [0.25, 0.3) is 0 Å². The summed E-state index contributed by atoms with van der Waals surface area (Å²) in [5.41, 5.74) is 5.05. The first-order chi connectivity index (χ1) is 6.35. The van der Waals surface area contributed by atoms with Crippen LogP contribution in [0.4, 0.5) is 0 Å². The zero-order valence-corrected chi connectivity index (χ0v) is 8.78. The van der Waals surface area contributed by atoms with E-state index in [4.69, 9.17) is 15.7 Å². The number of nitrogens with two attached hydrogens (primary N) is 1. The Hall–Kier alpha value is -1.34. The van der Waals surface area contributed by atoms with Crippen LogP contribution in [-0.2, 0) is 9.53 Å². The van der Waals surface area contributed by atoms with Crippen molar-refractivity contribution < 1.29 is 9.53 Å². The van der Waals surface area contributed by atoms with E-state index in [1.54, 1.807) is 20.8 Å². The van der Waals surface area contributed by atoms with Crippen molar-refractivity contribution in [2.75, 3.05) is 0 Å². The normalized spacial score (nSPS) is 13.6. The van der Waals surface area contributed by atoms with Crippen molar-refractivity contribution in [1.82, 2.24) is 0 Å². The predicted molar refractivity (Wildman–Crippen MR) is 53.2 cm³/mol. The first-order valence-corrected chi connectivity index (χ1v) is 4.39. The van der Waals surface area contributed by atoms with Gasteiger partial charge in [-0.15, -0.1) is 0 Å². The number of carbonyl (C=O) groups excluding carboxylic acids is 1. The van der Waals surface area contributed by atoms with Gasteiger partial charge in [0, 0.05) is 12.1 Å². The monoisotopic (exact) mass is 196 g/mol. The number of nitrogens with zero attached hydrogens (tertiary/aromatic N) is 1. The lowest BCUT2D eigenvalue weighted by Crippen LogP contribution is -2.29. The Bertz CT molecular complexity index is 258. The van der Waals surface area contributed by atoms with Crippen LogP contribution in [0, 0.1) is 11.3 Å².